The summed E-state index contributed by atoms with van der Waals surface area (Å²) in [6, 6.07) is 4.70. The second-order valence-corrected chi connectivity index (χ2v) is 17.7. The minimum atomic E-state index is -0.662. The topological polar surface area (TPSA) is 156 Å². The number of benzene rings is 1. The molecule has 0 saturated carbocycles. The Kier molecular flexibility index (Phi) is 21.4. The number of amides is 3. The lowest BCUT2D eigenvalue weighted by Gasteiger charge is -2.40. The fourth-order valence-corrected chi connectivity index (χ4v) is 8.46. The van der Waals surface area contributed by atoms with Crippen molar-refractivity contribution in [3.8, 4) is 0 Å². The molecule has 3 rings (SSSR count). The summed E-state index contributed by atoms with van der Waals surface area (Å²) in [4.78, 5) is 63.9. The van der Waals surface area contributed by atoms with Crippen LogP contribution in [0.5, 0.6) is 0 Å². The van der Waals surface area contributed by atoms with Crippen molar-refractivity contribution in [1.29, 1.82) is 0 Å². The monoisotopic (exact) mass is 845 g/mol. The highest BCUT2D eigenvalue weighted by molar-refractivity contribution is 7.09. The fraction of sp³-hybridized carbons (Fsp3) is 0.711. The van der Waals surface area contributed by atoms with E-state index in [1.54, 1.807) is 31.4 Å². The van der Waals surface area contributed by atoms with Gasteiger partial charge in [0.05, 0.1) is 12.0 Å². The largest absolute Gasteiger partial charge is 0.461 e. The summed E-state index contributed by atoms with van der Waals surface area (Å²) in [7, 11) is 1.98. The highest BCUT2D eigenvalue weighted by atomic mass is 32.1. The number of nitrogens with zero attached hydrogens (tertiary/aromatic N) is 3. The molecule has 1 fully saturated rings. The van der Waals surface area contributed by atoms with Crippen molar-refractivity contribution in [2.75, 3.05) is 33.3 Å². The number of esters is 1. The fourth-order valence-electron chi connectivity index (χ4n) is 7.60. The average molecular weight is 845 g/mol. The van der Waals surface area contributed by atoms with Crippen LogP contribution >= 0.6 is 11.3 Å². The molecule has 59 heavy (non-hydrogen) atoms. The SMILES string of the molecule is CCCO[C@H](C[C@H](C(C)C)N(CCC)C(=O)[C@@H](NC(=O)[C@H]1CCCCN1C)[C@@H](C)CC)c1nc(C(=O)N[C@@H](CCc2ccc(F)cc2)C[C@H](C)C(=O)OC(C)CN)cs1. The van der Waals surface area contributed by atoms with Gasteiger partial charge in [-0.3, -0.25) is 24.1 Å². The summed E-state index contributed by atoms with van der Waals surface area (Å²) in [5.41, 5.74) is 6.82. The van der Waals surface area contributed by atoms with Gasteiger partial charge < -0.3 is 30.7 Å². The van der Waals surface area contributed by atoms with Gasteiger partial charge in [-0.1, -0.05) is 73.4 Å². The Labute approximate surface area is 356 Å². The number of halogens is 1. The van der Waals surface area contributed by atoms with Crippen molar-refractivity contribution in [2.24, 2.45) is 23.5 Å². The first-order valence-corrected chi connectivity index (χ1v) is 22.9. The van der Waals surface area contributed by atoms with Crippen molar-refractivity contribution < 1.29 is 33.0 Å². The second-order valence-electron chi connectivity index (χ2n) is 16.8. The van der Waals surface area contributed by atoms with Gasteiger partial charge >= 0.3 is 5.97 Å². The van der Waals surface area contributed by atoms with Crippen LogP contribution in [0.15, 0.2) is 29.6 Å². The Bertz CT molecular complexity index is 1590. The Hall–Kier alpha value is -3.46. The molecule has 14 heteroatoms. The van der Waals surface area contributed by atoms with Crippen LogP contribution < -0.4 is 16.4 Å². The van der Waals surface area contributed by atoms with Gasteiger partial charge in [0.25, 0.3) is 5.91 Å². The Morgan fingerprint density at radius 2 is 1.73 bits per heavy atom. The first-order chi connectivity index (χ1) is 28.1. The molecule has 1 aromatic heterocycles. The minimum Gasteiger partial charge on any atom is -0.461 e. The number of piperidine rings is 1. The zero-order valence-corrected chi connectivity index (χ0v) is 38.0. The van der Waals surface area contributed by atoms with E-state index >= 15 is 0 Å². The maximum absolute atomic E-state index is 14.7. The van der Waals surface area contributed by atoms with E-state index in [1.165, 1.54) is 23.5 Å². The molecule has 332 valence electrons. The van der Waals surface area contributed by atoms with E-state index in [0.29, 0.717) is 43.8 Å². The van der Waals surface area contributed by atoms with Crippen molar-refractivity contribution in [3.05, 3.63) is 51.7 Å². The van der Waals surface area contributed by atoms with Crippen LogP contribution in [0.25, 0.3) is 0 Å². The number of rotatable bonds is 25. The molecule has 1 unspecified atom stereocenters. The summed E-state index contributed by atoms with van der Waals surface area (Å²) in [6.45, 7) is 17.9. The number of likely N-dealkylation sites (N-methyl/N-ethyl adjacent to an activating group) is 1. The standard InChI is InChI=1S/C45H73FN6O6S/c1-10-22-52(44(55)40(30(6)12-3)50-42(54)37-15-13-14-23-51(37)9)38(29(4)5)26-39(57-24-11-2)43-49-36(28-59-43)41(53)48-35(21-18-33-16-19-34(46)20-17-33)25-31(7)45(56)58-32(8)27-47/h16-17,19-20,28-32,35,37-40H,10-15,18,21-27,47H2,1-9H3,(H,48,53)(H,50,54)/t30-,31-,32?,35-,37+,38+,39+,40-/m0/s1. The van der Waals surface area contributed by atoms with Gasteiger partial charge in [0.2, 0.25) is 11.8 Å². The van der Waals surface area contributed by atoms with Gasteiger partial charge in [-0.05, 0) is 95.0 Å². The molecule has 2 heterocycles. The molecule has 8 atom stereocenters. The third-order valence-corrected chi connectivity index (χ3v) is 12.4. The molecule has 12 nitrogen and oxygen atoms in total. The molecule has 0 bridgehead atoms. The van der Waals surface area contributed by atoms with Gasteiger partial charge in [-0.2, -0.15) is 0 Å². The smallest absolute Gasteiger partial charge is 0.309 e. The third kappa shape index (κ3) is 15.5. The first kappa shape index (κ1) is 49.9. The van der Waals surface area contributed by atoms with Gasteiger partial charge in [0.15, 0.2) is 0 Å². The predicted molar refractivity (Wildman–Crippen MR) is 232 cm³/mol. The van der Waals surface area contributed by atoms with E-state index in [4.69, 9.17) is 20.2 Å². The Morgan fingerprint density at radius 3 is 2.34 bits per heavy atom. The number of nitrogens with two attached hydrogens (primary N) is 1. The molecular weight excluding hydrogens is 772 g/mol. The third-order valence-electron chi connectivity index (χ3n) is 11.5. The molecule has 0 radical (unpaired) electrons. The number of ether oxygens (including phenoxy) is 2. The molecule has 0 spiro atoms. The molecule has 1 aliphatic heterocycles. The molecule has 3 amide bonds. The number of carbonyl (C=O) groups is 4. The van der Waals surface area contributed by atoms with Gasteiger partial charge in [0.1, 0.15) is 34.8 Å². The number of aromatic nitrogens is 1. The van der Waals surface area contributed by atoms with E-state index in [0.717, 1.165) is 50.6 Å². The lowest BCUT2D eigenvalue weighted by atomic mass is 9.92. The Balaban J connectivity index is 1.86. The maximum atomic E-state index is 14.7. The molecule has 1 aliphatic rings. The van der Waals surface area contributed by atoms with Crippen LogP contribution in [0.3, 0.4) is 0 Å². The summed E-state index contributed by atoms with van der Waals surface area (Å²) in [5.74, 6) is -1.78. The van der Waals surface area contributed by atoms with Crippen molar-refractivity contribution in [3.63, 3.8) is 0 Å². The molecule has 2 aromatic rings. The second kappa shape index (κ2) is 25.3. The van der Waals surface area contributed by atoms with E-state index in [2.05, 4.69) is 36.3 Å². The average Bonchev–Trinajstić information content (AvgIpc) is 3.72. The Morgan fingerprint density at radius 1 is 1.02 bits per heavy atom. The van der Waals surface area contributed by atoms with Crippen molar-refractivity contribution >= 4 is 35.0 Å². The highest BCUT2D eigenvalue weighted by Gasteiger charge is 2.38. The van der Waals surface area contributed by atoms with Crippen LogP contribution in [-0.2, 0) is 30.3 Å². The van der Waals surface area contributed by atoms with Crippen LogP contribution in [0.1, 0.15) is 140 Å². The van der Waals surface area contributed by atoms with Crippen LogP contribution in [-0.4, -0.2) is 102 Å². The summed E-state index contributed by atoms with van der Waals surface area (Å²) in [5, 5.41) is 8.67. The van der Waals surface area contributed by atoms with Crippen molar-refractivity contribution in [2.45, 2.75) is 156 Å². The first-order valence-electron chi connectivity index (χ1n) is 22.0. The molecule has 4 N–H and O–H groups in total. The molecule has 1 saturated heterocycles. The summed E-state index contributed by atoms with van der Waals surface area (Å²) >= 11 is 1.35. The predicted octanol–water partition coefficient (Wildman–Crippen LogP) is 7.07. The number of aryl methyl sites for hydroxylation is 1. The number of nitrogens with one attached hydrogen (secondary N) is 2. The van der Waals surface area contributed by atoms with Crippen LogP contribution in [0.4, 0.5) is 4.39 Å². The van der Waals surface area contributed by atoms with E-state index in [-0.39, 0.29) is 65.7 Å². The zero-order valence-electron chi connectivity index (χ0n) is 37.1. The summed E-state index contributed by atoms with van der Waals surface area (Å²) < 4.78 is 25.5. The van der Waals surface area contributed by atoms with E-state index in [9.17, 15) is 23.6 Å². The highest BCUT2D eigenvalue weighted by Crippen LogP contribution is 2.32. The van der Waals surface area contributed by atoms with Crippen LogP contribution in [0.2, 0.25) is 0 Å². The summed E-state index contributed by atoms with van der Waals surface area (Å²) in [6.07, 6.45) is 6.04. The van der Waals surface area contributed by atoms with E-state index in [1.807, 2.05) is 32.7 Å². The molecule has 0 aliphatic carbocycles. The number of hydrogen-bond acceptors (Lipinski definition) is 10. The lowest BCUT2D eigenvalue weighted by Crippen LogP contribution is -2.58. The van der Waals surface area contributed by atoms with Crippen molar-refractivity contribution in [1.82, 2.24) is 25.4 Å². The quantitative estimate of drug-likeness (QED) is 0.0891. The number of thiazole rings is 1. The zero-order chi connectivity index (χ0) is 43.6. The lowest BCUT2D eigenvalue weighted by molar-refractivity contribution is -0.152. The molecule has 1 aromatic carbocycles. The number of carbonyl (C=O) groups excluding carboxylic acids is 4. The molecular formula is C45H73FN6O6S. The van der Waals surface area contributed by atoms with Crippen LogP contribution in [0, 0.1) is 23.6 Å². The van der Waals surface area contributed by atoms with E-state index < -0.39 is 30.2 Å². The van der Waals surface area contributed by atoms with Gasteiger partial charge in [-0.25, -0.2) is 9.37 Å². The maximum Gasteiger partial charge on any atom is 0.309 e. The van der Waals surface area contributed by atoms with Gasteiger partial charge in [-0.15, -0.1) is 11.3 Å². The number of likely N-dealkylation sites (tertiary alicyclic amines) is 1. The normalized spacial score (nSPS) is 18.3. The number of hydrogen-bond donors (Lipinski definition) is 3. The minimum absolute atomic E-state index is 0.0575. The van der Waals surface area contributed by atoms with Gasteiger partial charge in [0, 0.05) is 43.6 Å².